The molecule has 80 valence electrons. The maximum absolute atomic E-state index is 11.2. The normalized spacial score (nSPS) is 21.8. The molecular weight excluding hydrogens is 212 g/mol. The van der Waals surface area contributed by atoms with Gasteiger partial charge in [-0.3, -0.25) is 19.3 Å². The molecule has 7 heteroatoms. The zero-order valence-electron chi connectivity index (χ0n) is 7.30. The van der Waals surface area contributed by atoms with Gasteiger partial charge in [-0.05, 0) is 6.42 Å². The van der Waals surface area contributed by atoms with Gasteiger partial charge in [-0.25, -0.2) is 0 Å². The Bertz CT molecular complexity index is 268. The molecule has 1 heterocycles. The second-order valence-corrected chi connectivity index (χ2v) is 2.86. The molecule has 0 aliphatic carbocycles. The Kier molecular flexibility index (Phi) is 4.52. The Morgan fingerprint density at radius 1 is 1.57 bits per heavy atom. The molecule has 1 aliphatic rings. The fourth-order valence-electron chi connectivity index (χ4n) is 1.16. The standard InChI is InChI=1S/C7H10N2O4.ClH/c8-4-1-2-5(10)9(7(4)13)3-6(11)12;/h4H,1-3,8H2,(H,11,12);1H. The van der Waals surface area contributed by atoms with E-state index in [0.29, 0.717) is 11.3 Å². The van der Waals surface area contributed by atoms with Crippen LogP contribution in [-0.4, -0.2) is 40.4 Å². The number of halogens is 1. The third-order valence-corrected chi connectivity index (χ3v) is 1.85. The van der Waals surface area contributed by atoms with E-state index < -0.39 is 30.4 Å². The molecule has 0 spiro atoms. The molecule has 0 radical (unpaired) electrons. The van der Waals surface area contributed by atoms with Crippen LogP contribution in [0.4, 0.5) is 0 Å². The van der Waals surface area contributed by atoms with Crippen LogP contribution in [0.3, 0.4) is 0 Å². The topological polar surface area (TPSA) is 101 Å². The average molecular weight is 223 g/mol. The largest absolute Gasteiger partial charge is 0.480 e. The van der Waals surface area contributed by atoms with Gasteiger partial charge < -0.3 is 10.8 Å². The molecule has 3 N–H and O–H groups in total. The third kappa shape index (κ3) is 2.68. The number of piperidine rings is 1. The van der Waals surface area contributed by atoms with E-state index in [2.05, 4.69) is 0 Å². The lowest BCUT2D eigenvalue weighted by atomic mass is 10.1. The highest BCUT2D eigenvalue weighted by Gasteiger charge is 2.32. The molecule has 1 aliphatic heterocycles. The minimum absolute atomic E-state index is 0. The Labute approximate surface area is 86.5 Å². The molecule has 1 saturated heterocycles. The van der Waals surface area contributed by atoms with E-state index in [1.165, 1.54) is 0 Å². The van der Waals surface area contributed by atoms with Crippen molar-refractivity contribution in [3.8, 4) is 0 Å². The highest BCUT2D eigenvalue weighted by atomic mass is 35.5. The summed E-state index contributed by atoms with van der Waals surface area (Å²) in [6.07, 6.45) is 0.438. The van der Waals surface area contributed by atoms with Crippen LogP contribution >= 0.6 is 12.4 Å². The van der Waals surface area contributed by atoms with Gasteiger partial charge in [-0.15, -0.1) is 12.4 Å². The van der Waals surface area contributed by atoms with Gasteiger partial charge in [0.25, 0.3) is 0 Å². The number of nitrogens with two attached hydrogens (primary N) is 1. The first kappa shape index (κ1) is 12.9. The quantitative estimate of drug-likeness (QED) is 0.582. The molecule has 1 rings (SSSR count). The SMILES string of the molecule is Cl.NC1CCC(=O)N(CC(=O)O)C1=O. The predicted molar refractivity (Wildman–Crippen MR) is 48.8 cm³/mol. The summed E-state index contributed by atoms with van der Waals surface area (Å²) in [5.74, 6) is -2.27. The van der Waals surface area contributed by atoms with Gasteiger partial charge in [0.2, 0.25) is 11.8 Å². The first-order valence-corrected chi connectivity index (χ1v) is 3.84. The van der Waals surface area contributed by atoms with Crippen molar-refractivity contribution >= 4 is 30.2 Å². The Morgan fingerprint density at radius 3 is 2.64 bits per heavy atom. The zero-order valence-corrected chi connectivity index (χ0v) is 8.12. The summed E-state index contributed by atoms with van der Waals surface area (Å²) >= 11 is 0. The van der Waals surface area contributed by atoms with Crippen LogP contribution in [0.1, 0.15) is 12.8 Å². The van der Waals surface area contributed by atoms with Gasteiger partial charge in [-0.2, -0.15) is 0 Å². The third-order valence-electron chi connectivity index (χ3n) is 1.85. The molecule has 1 atom stereocenters. The maximum Gasteiger partial charge on any atom is 0.323 e. The number of carbonyl (C=O) groups is 3. The molecule has 0 aromatic rings. The summed E-state index contributed by atoms with van der Waals surface area (Å²) in [6.45, 7) is -0.592. The lowest BCUT2D eigenvalue weighted by Gasteiger charge is -2.26. The van der Waals surface area contributed by atoms with Gasteiger partial charge in [0.1, 0.15) is 6.54 Å². The highest BCUT2D eigenvalue weighted by molar-refractivity contribution is 6.02. The number of rotatable bonds is 2. The lowest BCUT2D eigenvalue weighted by molar-refractivity contribution is -0.155. The molecule has 0 bridgehead atoms. The zero-order chi connectivity index (χ0) is 10.0. The summed E-state index contributed by atoms with van der Waals surface area (Å²) < 4.78 is 0. The summed E-state index contributed by atoms with van der Waals surface area (Å²) in [5.41, 5.74) is 5.37. The van der Waals surface area contributed by atoms with E-state index in [4.69, 9.17) is 10.8 Å². The van der Waals surface area contributed by atoms with Crippen LogP contribution in [0, 0.1) is 0 Å². The predicted octanol–water partition coefficient (Wildman–Crippen LogP) is -1.03. The number of imide groups is 1. The van der Waals surface area contributed by atoms with Crippen LogP contribution in [-0.2, 0) is 14.4 Å². The highest BCUT2D eigenvalue weighted by Crippen LogP contribution is 2.10. The number of carboxylic acids is 1. The summed E-state index contributed by atoms with van der Waals surface area (Å²) in [4.78, 5) is 33.2. The van der Waals surface area contributed by atoms with Crippen molar-refractivity contribution in [3.63, 3.8) is 0 Å². The molecule has 6 nitrogen and oxygen atoms in total. The van der Waals surface area contributed by atoms with Crippen LogP contribution in [0.15, 0.2) is 0 Å². The van der Waals surface area contributed by atoms with Crippen molar-refractivity contribution in [1.29, 1.82) is 0 Å². The number of likely N-dealkylation sites (tertiary alicyclic amines) is 1. The molecule has 0 aromatic carbocycles. The number of nitrogens with zero attached hydrogens (tertiary/aromatic N) is 1. The number of hydrogen-bond acceptors (Lipinski definition) is 4. The first-order chi connectivity index (χ1) is 6.02. The van der Waals surface area contributed by atoms with E-state index in [1.54, 1.807) is 0 Å². The van der Waals surface area contributed by atoms with E-state index in [1.807, 2.05) is 0 Å². The fourth-order valence-corrected chi connectivity index (χ4v) is 1.16. The molecule has 0 saturated carbocycles. The second-order valence-electron chi connectivity index (χ2n) is 2.86. The first-order valence-electron chi connectivity index (χ1n) is 3.84. The smallest absolute Gasteiger partial charge is 0.323 e. The fraction of sp³-hybridized carbons (Fsp3) is 0.571. The molecule has 1 unspecified atom stereocenters. The molecule has 2 amide bonds. The van der Waals surface area contributed by atoms with Crippen LogP contribution < -0.4 is 5.73 Å². The monoisotopic (exact) mass is 222 g/mol. The molecule has 1 fully saturated rings. The second kappa shape index (κ2) is 4.92. The lowest BCUT2D eigenvalue weighted by Crippen LogP contribution is -2.52. The summed E-state index contributed by atoms with van der Waals surface area (Å²) in [5, 5.41) is 8.40. The molecule has 14 heavy (non-hydrogen) atoms. The van der Waals surface area contributed by atoms with Crippen molar-refractivity contribution in [2.45, 2.75) is 18.9 Å². The number of hydrogen-bond donors (Lipinski definition) is 2. The minimum Gasteiger partial charge on any atom is -0.480 e. The van der Waals surface area contributed by atoms with Crippen molar-refractivity contribution < 1.29 is 19.5 Å². The average Bonchev–Trinajstić information content (AvgIpc) is 2.05. The summed E-state index contributed by atoms with van der Waals surface area (Å²) in [6, 6.07) is -0.739. The van der Waals surface area contributed by atoms with Crippen LogP contribution in [0.25, 0.3) is 0 Å². The van der Waals surface area contributed by atoms with Crippen LogP contribution in [0.5, 0.6) is 0 Å². The van der Waals surface area contributed by atoms with E-state index in [9.17, 15) is 14.4 Å². The Balaban J connectivity index is 0.00000169. The Morgan fingerprint density at radius 2 is 2.14 bits per heavy atom. The van der Waals surface area contributed by atoms with Gasteiger partial charge in [0.05, 0.1) is 6.04 Å². The van der Waals surface area contributed by atoms with Crippen LogP contribution in [0.2, 0.25) is 0 Å². The van der Waals surface area contributed by atoms with Gasteiger partial charge in [0, 0.05) is 6.42 Å². The van der Waals surface area contributed by atoms with Crippen molar-refractivity contribution in [3.05, 3.63) is 0 Å². The maximum atomic E-state index is 11.2. The number of amides is 2. The minimum atomic E-state index is -1.21. The van der Waals surface area contributed by atoms with Crippen molar-refractivity contribution in [2.24, 2.45) is 5.73 Å². The Hall–Kier alpha value is -1.14. The van der Waals surface area contributed by atoms with Gasteiger partial charge >= 0.3 is 5.97 Å². The number of aliphatic carboxylic acids is 1. The van der Waals surface area contributed by atoms with Crippen molar-refractivity contribution in [1.82, 2.24) is 4.90 Å². The van der Waals surface area contributed by atoms with Gasteiger partial charge in [0.15, 0.2) is 0 Å². The van der Waals surface area contributed by atoms with Gasteiger partial charge in [-0.1, -0.05) is 0 Å². The van der Waals surface area contributed by atoms with E-state index >= 15 is 0 Å². The summed E-state index contributed by atoms with van der Waals surface area (Å²) in [7, 11) is 0. The van der Waals surface area contributed by atoms with Crippen molar-refractivity contribution in [2.75, 3.05) is 6.54 Å². The number of carbonyl (C=O) groups excluding carboxylic acids is 2. The van der Waals surface area contributed by atoms with E-state index in [0.717, 1.165) is 0 Å². The van der Waals surface area contributed by atoms with E-state index in [-0.39, 0.29) is 18.8 Å². The number of carboxylic acid groups (broad SMARTS) is 1. The molecular formula is C7H11ClN2O4. The molecule has 0 aromatic heterocycles.